The molecule has 0 saturated heterocycles. The van der Waals surface area contributed by atoms with Crippen LogP contribution in [0.1, 0.15) is 71.8 Å². The number of carbonyl (C=O) groups is 1. The van der Waals surface area contributed by atoms with Crippen molar-refractivity contribution in [2.75, 3.05) is 0 Å². The number of fused-ring (bicyclic) bond motifs is 9. The fourth-order valence-electron chi connectivity index (χ4n) is 5.38. The number of aromatic nitrogens is 4. The Balaban J connectivity index is 1.63. The Morgan fingerprint density at radius 1 is 1.18 bits per heavy atom. The minimum Gasteiger partial charge on any atom is -0.434 e. The molecule has 4 heterocycles. The smallest absolute Gasteiger partial charge is 0.387 e. The third-order valence-corrected chi connectivity index (χ3v) is 6.98. The Labute approximate surface area is 217 Å². The number of aliphatic hydroxyl groups is 1. The third-order valence-electron chi connectivity index (χ3n) is 6.98. The Morgan fingerprint density at radius 3 is 2.62 bits per heavy atom. The number of nitrogens with one attached hydrogen (secondary N) is 1. The van der Waals surface area contributed by atoms with Gasteiger partial charge in [0, 0.05) is 17.3 Å². The normalized spacial score (nSPS) is 18.4. The summed E-state index contributed by atoms with van der Waals surface area (Å²) < 4.78 is 77.6. The Bertz CT molecular complexity index is 1650. The molecule has 1 amide bonds. The molecule has 0 fully saturated rings. The fourth-order valence-corrected chi connectivity index (χ4v) is 5.38. The summed E-state index contributed by atoms with van der Waals surface area (Å²) in [4.78, 5) is 25.4. The second kappa shape index (κ2) is 8.70. The van der Waals surface area contributed by atoms with Crippen LogP contribution in [0.3, 0.4) is 0 Å². The zero-order valence-corrected chi connectivity index (χ0v) is 20.4. The number of hydrogen-bond acceptors (Lipinski definition) is 6. The number of benzene rings is 2. The van der Waals surface area contributed by atoms with Crippen molar-refractivity contribution in [2.45, 2.75) is 51.0 Å². The quantitative estimate of drug-likeness (QED) is 0.336. The molecule has 0 saturated carbocycles. The first kappa shape index (κ1) is 25.2. The number of para-hydroxylation sites is 2. The van der Waals surface area contributed by atoms with Gasteiger partial charge < -0.3 is 19.7 Å². The highest BCUT2D eigenvalue weighted by Crippen LogP contribution is 2.48. The minimum absolute atomic E-state index is 0.151. The van der Waals surface area contributed by atoms with Crippen LogP contribution in [0.2, 0.25) is 0 Å². The molecule has 2 bridgehead atoms. The molecule has 202 valence electrons. The summed E-state index contributed by atoms with van der Waals surface area (Å²) in [5.74, 6) is -2.84. The lowest BCUT2D eigenvalue weighted by Gasteiger charge is -2.23. The third kappa shape index (κ3) is 3.90. The van der Waals surface area contributed by atoms with E-state index in [0.717, 1.165) is 12.3 Å². The summed E-state index contributed by atoms with van der Waals surface area (Å²) in [5.41, 5.74) is -2.80. The summed E-state index contributed by atoms with van der Waals surface area (Å²) in [6.45, 7) is -0.942. The predicted octanol–water partition coefficient (Wildman–Crippen LogP) is 5.18. The lowest BCUT2D eigenvalue weighted by atomic mass is 9.93. The van der Waals surface area contributed by atoms with E-state index in [9.17, 15) is 27.5 Å². The topological polar surface area (TPSA) is 102 Å². The van der Waals surface area contributed by atoms with Crippen molar-refractivity contribution in [3.8, 4) is 17.1 Å². The maximum atomic E-state index is 16.6. The summed E-state index contributed by atoms with van der Waals surface area (Å²) in [6, 6.07) is 6.69. The maximum absolute atomic E-state index is 16.6. The first-order chi connectivity index (χ1) is 18.5. The predicted molar refractivity (Wildman–Crippen MR) is 127 cm³/mol. The standard InChI is InChI=1S/C26H20F5N5O3/c1-26(2,38)11-9-32-22(35-20(11)21(28)29)18-16(39-25(30)31)7-10-17(19(18)27)15-8-13(34-24(10)37)23-33-12-5-3-4-6-14(12)36(15)23/h3-7,9,13,15,21,25,38H,8H2,1-2H3,(H,34,37)/t13-,15-/m1/s1. The highest BCUT2D eigenvalue weighted by atomic mass is 19.3. The second-order valence-electron chi connectivity index (χ2n) is 9.86. The molecule has 39 heavy (non-hydrogen) atoms. The Kier molecular flexibility index (Phi) is 5.61. The van der Waals surface area contributed by atoms with Gasteiger partial charge in [-0.25, -0.2) is 28.1 Å². The molecule has 0 spiro atoms. The molecule has 8 nitrogen and oxygen atoms in total. The van der Waals surface area contributed by atoms with Crippen LogP contribution < -0.4 is 10.1 Å². The SMILES string of the molecule is CC(C)(O)c1cnc(-c2c(OC(F)F)cc3c(c2F)[C@H]2C[C@@H](NC3=O)c3nc4ccccc4n32)nc1C(F)F. The van der Waals surface area contributed by atoms with E-state index in [4.69, 9.17) is 0 Å². The van der Waals surface area contributed by atoms with Gasteiger partial charge in [0.25, 0.3) is 12.3 Å². The summed E-state index contributed by atoms with van der Waals surface area (Å²) >= 11 is 0. The lowest BCUT2D eigenvalue weighted by molar-refractivity contribution is -0.0496. The van der Waals surface area contributed by atoms with Crippen LogP contribution in [0.15, 0.2) is 36.5 Å². The first-order valence-electron chi connectivity index (χ1n) is 11.9. The number of hydrogen-bond donors (Lipinski definition) is 2. The van der Waals surface area contributed by atoms with Crippen molar-refractivity contribution in [2.24, 2.45) is 0 Å². The number of halogens is 5. The van der Waals surface area contributed by atoms with E-state index in [1.165, 1.54) is 13.8 Å². The highest BCUT2D eigenvalue weighted by molar-refractivity contribution is 5.98. The van der Waals surface area contributed by atoms with Crippen LogP contribution in [-0.2, 0) is 5.60 Å². The number of alkyl halides is 4. The number of rotatable bonds is 5. The van der Waals surface area contributed by atoms with E-state index in [2.05, 4.69) is 25.0 Å². The maximum Gasteiger partial charge on any atom is 0.387 e. The van der Waals surface area contributed by atoms with Gasteiger partial charge >= 0.3 is 6.61 Å². The van der Waals surface area contributed by atoms with Gasteiger partial charge in [-0.15, -0.1) is 0 Å². The Hall–Kier alpha value is -4.13. The Morgan fingerprint density at radius 2 is 1.92 bits per heavy atom. The van der Waals surface area contributed by atoms with Gasteiger partial charge in [-0.05, 0) is 38.5 Å². The van der Waals surface area contributed by atoms with Gasteiger partial charge in [0.1, 0.15) is 23.1 Å². The number of ether oxygens (including phenoxy) is 1. The molecule has 4 aromatic rings. The van der Waals surface area contributed by atoms with Crippen LogP contribution in [0.4, 0.5) is 22.0 Å². The average molecular weight is 545 g/mol. The molecular formula is C26H20F5N5O3. The zero-order chi connectivity index (χ0) is 27.8. The van der Waals surface area contributed by atoms with E-state index in [1.54, 1.807) is 28.8 Å². The number of imidazole rings is 1. The van der Waals surface area contributed by atoms with Crippen LogP contribution in [-0.4, -0.2) is 37.1 Å². The number of amides is 1. The van der Waals surface area contributed by atoms with E-state index < -0.39 is 65.3 Å². The van der Waals surface area contributed by atoms with E-state index >= 15 is 4.39 Å². The summed E-state index contributed by atoms with van der Waals surface area (Å²) in [6.07, 6.45) is -2.09. The molecule has 2 aliphatic heterocycles. The average Bonchev–Trinajstić information content (AvgIpc) is 3.35. The van der Waals surface area contributed by atoms with Gasteiger partial charge in [0.2, 0.25) is 0 Å². The van der Waals surface area contributed by atoms with Crippen molar-refractivity contribution < 1.29 is 36.6 Å². The molecule has 13 heteroatoms. The number of nitrogens with zero attached hydrogens (tertiary/aromatic N) is 4. The minimum atomic E-state index is -3.43. The molecular weight excluding hydrogens is 525 g/mol. The lowest BCUT2D eigenvalue weighted by Crippen LogP contribution is -2.28. The zero-order valence-electron chi connectivity index (χ0n) is 20.4. The molecule has 6 rings (SSSR count). The fraction of sp³-hybridized carbons (Fsp3) is 0.308. The summed E-state index contributed by atoms with van der Waals surface area (Å²) in [7, 11) is 0. The molecule has 2 aliphatic rings. The van der Waals surface area contributed by atoms with E-state index in [1.807, 2.05) is 0 Å². The van der Waals surface area contributed by atoms with Crippen LogP contribution in [0.5, 0.6) is 5.75 Å². The first-order valence-corrected chi connectivity index (χ1v) is 11.9. The molecule has 0 aliphatic carbocycles. The van der Waals surface area contributed by atoms with Crippen LogP contribution in [0.25, 0.3) is 22.4 Å². The van der Waals surface area contributed by atoms with Gasteiger partial charge in [-0.2, -0.15) is 8.78 Å². The van der Waals surface area contributed by atoms with Crippen molar-refractivity contribution >= 4 is 16.9 Å². The van der Waals surface area contributed by atoms with Crippen molar-refractivity contribution in [3.05, 3.63) is 70.6 Å². The van der Waals surface area contributed by atoms with Crippen molar-refractivity contribution in [1.29, 1.82) is 0 Å². The second-order valence-corrected chi connectivity index (χ2v) is 9.86. The van der Waals surface area contributed by atoms with Gasteiger partial charge in [-0.3, -0.25) is 4.79 Å². The van der Waals surface area contributed by atoms with Gasteiger partial charge in [0.05, 0.1) is 39.8 Å². The molecule has 2 aromatic heterocycles. The molecule has 0 radical (unpaired) electrons. The molecule has 2 N–H and O–H groups in total. The largest absolute Gasteiger partial charge is 0.434 e. The molecule has 2 atom stereocenters. The van der Waals surface area contributed by atoms with Crippen LogP contribution >= 0.6 is 0 Å². The van der Waals surface area contributed by atoms with Crippen molar-refractivity contribution in [1.82, 2.24) is 24.8 Å². The molecule has 0 unspecified atom stereocenters. The monoisotopic (exact) mass is 545 g/mol. The molecule has 2 aromatic carbocycles. The van der Waals surface area contributed by atoms with E-state index in [-0.39, 0.29) is 23.1 Å². The summed E-state index contributed by atoms with van der Waals surface area (Å²) in [5, 5.41) is 13.1. The highest BCUT2D eigenvalue weighted by Gasteiger charge is 2.43. The van der Waals surface area contributed by atoms with Crippen LogP contribution in [0, 0.1) is 5.82 Å². The number of carbonyl (C=O) groups excluding carboxylic acids is 1. The van der Waals surface area contributed by atoms with Gasteiger partial charge in [0.15, 0.2) is 5.82 Å². The van der Waals surface area contributed by atoms with Crippen molar-refractivity contribution in [3.63, 3.8) is 0 Å². The van der Waals surface area contributed by atoms with Gasteiger partial charge in [-0.1, -0.05) is 12.1 Å². The van der Waals surface area contributed by atoms with E-state index in [0.29, 0.717) is 16.9 Å².